The summed E-state index contributed by atoms with van der Waals surface area (Å²) in [6.07, 6.45) is 0. The molecule has 0 aliphatic carbocycles. The van der Waals surface area contributed by atoms with Crippen LogP contribution in [0.15, 0.2) is 0 Å². The molecule has 3 heteroatoms. The summed E-state index contributed by atoms with van der Waals surface area (Å²) in [5.74, 6) is 0.0810. The van der Waals surface area contributed by atoms with Crippen LogP contribution in [0.1, 0.15) is 20.8 Å². The van der Waals surface area contributed by atoms with Crippen LogP contribution in [-0.4, -0.2) is 13.0 Å². The molecule has 0 rings (SSSR count). The van der Waals surface area contributed by atoms with Crippen LogP contribution in [-0.2, 0) is 37.5 Å². The standard InChI is InChI=1S/C6H13NO.Y/c1-6(2,3)5(8)7-4;/h1-4H3,(H,7,8);. The molecule has 9 heavy (non-hydrogen) atoms. The minimum atomic E-state index is -0.241. The molecule has 0 aromatic rings. The monoisotopic (exact) mass is 204 g/mol. The van der Waals surface area contributed by atoms with Crippen molar-refractivity contribution in [3.8, 4) is 0 Å². The Kier molecular flexibility index (Phi) is 6.00. The molecule has 0 saturated carbocycles. The van der Waals surface area contributed by atoms with E-state index in [-0.39, 0.29) is 44.0 Å². The second kappa shape index (κ2) is 4.40. The van der Waals surface area contributed by atoms with Gasteiger partial charge in [-0.05, 0) is 0 Å². The van der Waals surface area contributed by atoms with Gasteiger partial charge in [0.25, 0.3) is 0 Å². The van der Waals surface area contributed by atoms with E-state index < -0.39 is 0 Å². The van der Waals surface area contributed by atoms with Gasteiger partial charge < -0.3 is 5.32 Å². The van der Waals surface area contributed by atoms with Gasteiger partial charge >= 0.3 is 0 Å². The first-order chi connectivity index (χ1) is 3.48. The van der Waals surface area contributed by atoms with Gasteiger partial charge in [-0.25, -0.2) is 0 Å². The number of carbonyl (C=O) groups excluding carboxylic acids is 1. The molecule has 0 atom stereocenters. The second-order valence-electron chi connectivity index (χ2n) is 2.83. The van der Waals surface area contributed by atoms with E-state index in [0.29, 0.717) is 0 Å². The number of amides is 1. The Balaban J connectivity index is 0. The Morgan fingerprint density at radius 2 is 1.67 bits per heavy atom. The van der Waals surface area contributed by atoms with Crippen LogP contribution in [0.3, 0.4) is 0 Å². The van der Waals surface area contributed by atoms with Gasteiger partial charge in [0.1, 0.15) is 0 Å². The summed E-state index contributed by atoms with van der Waals surface area (Å²) in [6, 6.07) is 0. The third-order valence-electron chi connectivity index (χ3n) is 0.908. The van der Waals surface area contributed by atoms with Gasteiger partial charge in [0.15, 0.2) is 0 Å². The molecule has 1 N–H and O–H groups in total. The zero-order valence-corrected chi connectivity index (χ0v) is 9.32. The van der Waals surface area contributed by atoms with Crippen molar-refractivity contribution in [1.29, 1.82) is 0 Å². The minimum absolute atomic E-state index is 0. The average molecular weight is 204 g/mol. The Morgan fingerprint density at radius 3 is 1.67 bits per heavy atom. The van der Waals surface area contributed by atoms with E-state index in [9.17, 15) is 4.79 Å². The van der Waals surface area contributed by atoms with Crippen LogP contribution in [0.2, 0.25) is 0 Å². The predicted octanol–water partition coefficient (Wildman–Crippen LogP) is 0.776. The summed E-state index contributed by atoms with van der Waals surface area (Å²) in [6.45, 7) is 5.64. The van der Waals surface area contributed by atoms with E-state index in [1.165, 1.54) is 0 Å². The molecule has 1 radical (unpaired) electrons. The molecule has 0 fully saturated rings. The molecule has 2 nitrogen and oxygen atoms in total. The molecule has 0 aliphatic rings. The zero-order chi connectivity index (χ0) is 6.78. The average Bonchev–Trinajstić information content (AvgIpc) is 1.62. The molecular formula is C6H13NOY. The van der Waals surface area contributed by atoms with Crippen LogP contribution < -0.4 is 5.32 Å². The van der Waals surface area contributed by atoms with E-state index in [2.05, 4.69) is 5.32 Å². The van der Waals surface area contributed by atoms with Crippen LogP contribution in [0, 0.1) is 5.41 Å². The molecule has 0 heterocycles. The maximum absolute atomic E-state index is 10.7. The van der Waals surface area contributed by atoms with Crippen molar-refractivity contribution in [3.63, 3.8) is 0 Å². The van der Waals surface area contributed by atoms with Crippen molar-refractivity contribution in [2.75, 3.05) is 7.05 Å². The number of rotatable bonds is 0. The third-order valence-corrected chi connectivity index (χ3v) is 0.908. The predicted molar refractivity (Wildman–Crippen MR) is 33.5 cm³/mol. The summed E-state index contributed by atoms with van der Waals surface area (Å²) >= 11 is 0. The van der Waals surface area contributed by atoms with Gasteiger partial charge in [0, 0.05) is 45.2 Å². The van der Waals surface area contributed by atoms with Crippen LogP contribution in [0.25, 0.3) is 0 Å². The van der Waals surface area contributed by atoms with Crippen molar-refractivity contribution in [1.82, 2.24) is 5.32 Å². The molecule has 0 aliphatic heterocycles. The smallest absolute Gasteiger partial charge is 0.225 e. The number of hydrogen-bond acceptors (Lipinski definition) is 1. The summed E-state index contributed by atoms with van der Waals surface area (Å²) in [7, 11) is 1.65. The summed E-state index contributed by atoms with van der Waals surface area (Å²) in [5, 5.41) is 2.57. The van der Waals surface area contributed by atoms with E-state index in [1.807, 2.05) is 20.8 Å². The fourth-order valence-electron chi connectivity index (χ4n) is 0.375. The Bertz CT molecular complexity index is 95.7. The van der Waals surface area contributed by atoms with E-state index in [1.54, 1.807) is 7.05 Å². The molecule has 51 valence electrons. The number of nitrogens with one attached hydrogen (secondary N) is 1. The summed E-state index contributed by atoms with van der Waals surface area (Å²) in [5.41, 5.74) is -0.241. The molecule has 0 aromatic carbocycles. The Hall–Kier alpha value is 0.574. The third kappa shape index (κ3) is 5.04. The van der Waals surface area contributed by atoms with Gasteiger partial charge in [0.2, 0.25) is 5.91 Å². The van der Waals surface area contributed by atoms with Crippen LogP contribution >= 0.6 is 0 Å². The molecule has 0 bridgehead atoms. The van der Waals surface area contributed by atoms with Gasteiger partial charge in [0.05, 0.1) is 0 Å². The summed E-state index contributed by atoms with van der Waals surface area (Å²) in [4.78, 5) is 10.7. The maximum atomic E-state index is 10.7. The molecule has 0 unspecified atom stereocenters. The first-order valence-electron chi connectivity index (χ1n) is 2.70. The normalized spacial score (nSPS) is 9.78. The fraction of sp³-hybridized carbons (Fsp3) is 0.833. The molecule has 0 aromatic heterocycles. The SMILES string of the molecule is CNC(=O)C(C)(C)C.[Y]. The van der Waals surface area contributed by atoms with Crippen LogP contribution in [0.5, 0.6) is 0 Å². The first kappa shape index (κ1) is 12.3. The largest absolute Gasteiger partial charge is 0.359 e. The van der Waals surface area contributed by atoms with Gasteiger partial charge in [-0.1, -0.05) is 20.8 Å². The zero-order valence-electron chi connectivity index (χ0n) is 6.49. The molecule has 0 saturated heterocycles. The van der Waals surface area contributed by atoms with Crippen LogP contribution in [0.4, 0.5) is 0 Å². The molecule has 0 spiro atoms. The topological polar surface area (TPSA) is 29.1 Å². The van der Waals surface area contributed by atoms with E-state index in [4.69, 9.17) is 0 Å². The van der Waals surface area contributed by atoms with Crippen molar-refractivity contribution in [2.45, 2.75) is 20.8 Å². The van der Waals surface area contributed by atoms with Gasteiger partial charge in [-0.2, -0.15) is 0 Å². The fourth-order valence-corrected chi connectivity index (χ4v) is 0.375. The Morgan fingerprint density at radius 1 is 1.33 bits per heavy atom. The van der Waals surface area contributed by atoms with Crippen molar-refractivity contribution in [3.05, 3.63) is 0 Å². The Labute approximate surface area is 81.7 Å². The number of hydrogen-bond donors (Lipinski definition) is 1. The van der Waals surface area contributed by atoms with E-state index in [0.717, 1.165) is 0 Å². The first-order valence-corrected chi connectivity index (χ1v) is 2.70. The minimum Gasteiger partial charge on any atom is -0.359 e. The molecule has 1 amide bonds. The molecular weight excluding hydrogens is 191 g/mol. The van der Waals surface area contributed by atoms with Crippen molar-refractivity contribution in [2.24, 2.45) is 5.41 Å². The number of carbonyl (C=O) groups is 1. The van der Waals surface area contributed by atoms with Crippen molar-refractivity contribution < 1.29 is 37.5 Å². The van der Waals surface area contributed by atoms with Crippen molar-refractivity contribution >= 4 is 5.91 Å². The van der Waals surface area contributed by atoms with Gasteiger partial charge in [-0.3, -0.25) is 4.79 Å². The quantitative estimate of drug-likeness (QED) is 0.620. The summed E-state index contributed by atoms with van der Waals surface area (Å²) < 4.78 is 0. The van der Waals surface area contributed by atoms with E-state index >= 15 is 0 Å². The van der Waals surface area contributed by atoms with Gasteiger partial charge in [-0.15, -0.1) is 0 Å². The second-order valence-corrected chi connectivity index (χ2v) is 2.83. The maximum Gasteiger partial charge on any atom is 0.225 e.